The molecule has 1 amide bonds. The Morgan fingerprint density at radius 2 is 2.05 bits per heavy atom. The molecule has 5 heteroatoms. The van der Waals surface area contributed by atoms with Crippen LogP contribution in [-0.4, -0.2) is 18.5 Å². The van der Waals surface area contributed by atoms with Crippen LogP contribution in [0.2, 0.25) is 0 Å². The SMILES string of the molecule is C/C=C/C(=O)Nc1sc(C)c(CC)c1C(=O)OCC. The van der Waals surface area contributed by atoms with E-state index in [0.29, 0.717) is 17.2 Å². The largest absolute Gasteiger partial charge is 0.462 e. The predicted molar refractivity (Wildman–Crippen MR) is 77.8 cm³/mol. The van der Waals surface area contributed by atoms with Gasteiger partial charge >= 0.3 is 5.97 Å². The van der Waals surface area contributed by atoms with Crippen LogP contribution in [0.15, 0.2) is 12.2 Å². The van der Waals surface area contributed by atoms with Crippen molar-refractivity contribution in [3.05, 3.63) is 28.2 Å². The summed E-state index contributed by atoms with van der Waals surface area (Å²) in [5, 5.41) is 3.30. The molecule has 0 spiro atoms. The Balaban J connectivity index is 3.16. The zero-order chi connectivity index (χ0) is 14.4. The third-order valence-electron chi connectivity index (χ3n) is 2.60. The van der Waals surface area contributed by atoms with Gasteiger partial charge in [-0.2, -0.15) is 0 Å². The third kappa shape index (κ3) is 3.67. The molecule has 0 aliphatic heterocycles. The summed E-state index contributed by atoms with van der Waals surface area (Å²) >= 11 is 1.41. The lowest BCUT2D eigenvalue weighted by Crippen LogP contribution is -2.13. The molecule has 0 aliphatic rings. The quantitative estimate of drug-likeness (QED) is 0.665. The van der Waals surface area contributed by atoms with Gasteiger partial charge in [0, 0.05) is 4.88 Å². The van der Waals surface area contributed by atoms with Crippen molar-refractivity contribution in [3.63, 3.8) is 0 Å². The van der Waals surface area contributed by atoms with Crippen LogP contribution in [0.1, 0.15) is 41.6 Å². The fourth-order valence-electron chi connectivity index (χ4n) is 1.82. The molecule has 0 saturated carbocycles. The minimum atomic E-state index is -0.375. The van der Waals surface area contributed by atoms with E-state index in [9.17, 15) is 9.59 Å². The van der Waals surface area contributed by atoms with Gasteiger partial charge in [0.25, 0.3) is 0 Å². The van der Waals surface area contributed by atoms with Gasteiger partial charge in [0.2, 0.25) is 5.91 Å². The Labute approximate surface area is 117 Å². The highest BCUT2D eigenvalue weighted by Crippen LogP contribution is 2.34. The third-order valence-corrected chi connectivity index (χ3v) is 3.66. The van der Waals surface area contributed by atoms with Gasteiger partial charge in [-0.15, -0.1) is 11.3 Å². The second-order valence-corrected chi connectivity index (χ2v) is 5.13. The molecule has 4 nitrogen and oxygen atoms in total. The number of carbonyl (C=O) groups is 2. The van der Waals surface area contributed by atoms with Crippen LogP contribution in [0.3, 0.4) is 0 Å². The molecule has 0 aromatic carbocycles. The molecule has 0 radical (unpaired) electrons. The summed E-state index contributed by atoms with van der Waals surface area (Å²) in [7, 11) is 0. The number of ether oxygens (including phenoxy) is 1. The highest BCUT2D eigenvalue weighted by molar-refractivity contribution is 7.16. The fraction of sp³-hybridized carbons (Fsp3) is 0.429. The number of esters is 1. The van der Waals surface area contributed by atoms with Crippen LogP contribution in [0.5, 0.6) is 0 Å². The molecule has 0 aliphatic carbocycles. The van der Waals surface area contributed by atoms with Gasteiger partial charge < -0.3 is 10.1 Å². The van der Waals surface area contributed by atoms with E-state index in [1.54, 1.807) is 19.9 Å². The number of aryl methyl sites for hydroxylation is 1. The molecule has 1 aromatic heterocycles. The van der Waals surface area contributed by atoms with Gasteiger partial charge in [-0.25, -0.2) is 4.79 Å². The number of rotatable bonds is 5. The number of hydrogen-bond donors (Lipinski definition) is 1. The molecule has 0 fully saturated rings. The standard InChI is InChI=1S/C14H19NO3S/c1-5-8-11(16)15-13-12(14(17)18-7-3)10(6-2)9(4)19-13/h5,8H,6-7H2,1-4H3,(H,15,16)/b8-5+. The summed E-state index contributed by atoms with van der Waals surface area (Å²) in [5.41, 5.74) is 1.43. The summed E-state index contributed by atoms with van der Waals surface area (Å²) in [6.45, 7) is 7.77. The second-order valence-electron chi connectivity index (χ2n) is 3.90. The van der Waals surface area contributed by atoms with E-state index in [-0.39, 0.29) is 11.9 Å². The molecule has 0 saturated heterocycles. The van der Waals surface area contributed by atoms with Crippen LogP contribution < -0.4 is 5.32 Å². The summed E-state index contributed by atoms with van der Waals surface area (Å²) in [6.07, 6.45) is 3.81. The fourth-order valence-corrected chi connectivity index (χ4v) is 2.95. The van der Waals surface area contributed by atoms with Crippen molar-refractivity contribution < 1.29 is 14.3 Å². The van der Waals surface area contributed by atoms with Crippen molar-refractivity contribution >= 4 is 28.2 Å². The number of allylic oxidation sites excluding steroid dienone is 1. The lowest BCUT2D eigenvalue weighted by atomic mass is 10.1. The lowest BCUT2D eigenvalue weighted by Gasteiger charge is -2.06. The topological polar surface area (TPSA) is 55.4 Å². The molecule has 1 aromatic rings. The van der Waals surface area contributed by atoms with Crippen molar-refractivity contribution in [3.8, 4) is 0 Å². The number of anilines is 1. The average molecular weight is 281 g/mol. The van der Waals surface area contributed by atoms with E-state index >= 15 is 0 Å². The summed E-state index contributed by atoms with van der Waals surface area (Å²) in [5.74, 6) is -0.614. The lowest BCUT2D eigenvalue weighted by molar-refractivity contribution is -0.111. The molecule has 0 bridgehead atoms. The first-order valence-electron chi connectivity index (χ1n) is 6.28. The van der Waals surface area contributed by atoms with E-state index in [1.165, 1.54) is 17.4 Å². The second kappa shape index (κ2) is 7.09. The number of carbonyl (C=O) groups excluding carboxylic acids is 2. The van der Waals surface area contributed by atoms with E-state index in [2.05, 4.69) is 5.32 Å². The molecule has 0 atom stereocenters. The van der Waals surface area contributed by atoms with Crippen molar-refractivity contribution in [2.75, 3.05) is 11.9 Å². The molecular weight excluding hydrogens is 262 g/mol. The van der Waals surface area contributed by atoms with Crippen LogP contribution in [-0.2, 0) is 16.0 Å². The molecule has 1 heterocycles. The molecule has 0 unspecified atom stereocenters. The minimum absolute atomic E-state index is 0.239. The van der Waals surface area contributed by atoms with Crippen LogP contribution in [0.25, 0.3) is 0 Å². The average Bonchev–Trinajstić information content (AvgIpc) is 2.65. The molecular formula is C14H19NO3S. The van der Waals surface area contributed by atoms with Crippen LogP contribution in [0.4, 0.5) is 5.00 Å². The van der Waals surface area contributed by atoms with E-state index in [1.807, 2.05) is 13.8 Å². The first-order valence-corrected chi connectivity index (χ1v) is 7.09. The van der Waals surface area contributed by atoms with Gasteiger partial charge in [0.05, 0.1) is 12.2 Å². The van der Waals surface area contributed by atoms with E-state index < -0.39 is 0 Å². The van der Waals surface area contributed by atoms with E-state index in [4.69, 9.17) is 4.74 Å². The van der Waals surface area contributed by atoms with Gasteiger partial charge in [-0.1, -0.05) is 13.0 Å². The molecule has 19 heavy (non-hydrogen) atoms. The Morgan fingerprint density at radius 3 is 2.58 bits per heavy atom. The Bertz CT molecular complexity index is 503. The first kappa shape index (κ1) is 15.4. The minimum Gasteiger partial charge on any atom is -0.462 e. The highest BCUT2D eigenvalue weighted by atomic mass is 32.1. The Morgan fingerprint density at radius 1 is 1.37 bits per heavy atom. The maximum Gasteiger partial charge on any atom is 0.341 e. The van der Waals surface area contributed by atoms with Gasteiger partial charge in [-0.05, 0) is 38.8 Å². The molecule has 104 valence electrons. The maximum absolute atomic E-state index is 12.0. The Kier molecular flexibility index (Phi) is 5.76. The molecule has 1 rings (SSSR count). The van der Waals surface area contributed by atoms with Crippen molar-refractivity contribution in [1.29, 1.82) is 0 Å². The van der Waals surface area contributed by atoms with Gasteiger partial charge in [-0.3, -0.25) is 4.79 Å². The normalized spacial score (nSPS) is 10.7. The van der Waals surface area contributed by atoms with Crippen molar-refractivity contribution in [2.24, 2.45) is 0 Å². The van der Waals surface area contributed by atoms with Crippen molar-refractivity contribution in [2.45, 2.75) is 34.1 Å². The number of amides is 1. The van der Waals surface area contributed by atoms with Crippen LogP contribution >= 0.6 is 11.3 Å². The predicted octanol–water partition coefficient (Wildman–Crippen LogP) is 3.31. The number of hydrogen-bond acceptors (Lipinski definition) is 4. The smallest absolute Gasteiger partial charge is 0.341 e. The first-order chi connectivity index (χ1) is 9.04. The van der Waals surface area contributed by atoms with Crippen LogP contribution in [0, 0.1) is 6.92 Å². The molecule has 1 N–H and O–H groups in total. The van der Waals surface area contributed by atoms with Crippen molar-refractivity contribution in [1.82, 2.24) is 0 Å². The summed E-state index contributed by atoms with van der Waals surface area (Å²) in [4.78, 5) is 24.7. The highest BCUT2D eigenvalue weighted by Gasteiger charge is 2.22. The monoisotopic (exact) mass is 281 g/mol. The number of thiophene rings is 1. The number of nitrogens with one attached hydrogen (secondary N) is 1. The van der Waals surface area contributed by atoms with Gasteiger partial charge in [0.15, 0.2) is 0 Å². The summed E-state index contributed by atoms with van der Waals surface area (Å²) < 4.78 is 5.06. The Hall–Kier alpha value is -1.62. The van der Waals surface area contributed by atoms with E-state index in [0.717, 1.165) is 16.9 Å². The zero-order valence-corrected chi connectivity index (χ0v) is 12.5. The van der Waals surface area contributed by atoms with Gasteiger partial charge in [0.1, 0.15) is 5.00 Å². The maximum atomic E-state index is 12.0. The summed E-state index contributed by atoms with van der Waals surface area (Å²) in [6, 6.07) is 0. The zero-order valence-electron chi connectivity index (χ0n) is 11.7.